The quantitative estimate of drug-likeness (QED) is 0.669. The smallest absolute Gasteiger partial charge is 0.151 e. The number of aliphatic hydroxyl groups excluding tert-OH is 1. The Kier molecular flexibility index (Phi) is 5.40. The lowest BCUT2D eigenvalue weighted by Gasteiger charge is -2.14. The van der Waals surface area contributed by atoms with Crippen molar-refractivity contribution in [3.8, 4) is 0 Å². The lowest BCUT2D eigenvalue weighted by molar-refractivity contribution is 0.149. The van der Waals surface area contributed by atoms with Gasteiger partial charge in [-0.05, 0) is 17.9 Å². The number of nitrogens with one attached hydrogen (secondary N) is 1. The fourth-order valence-electron chi connectivity index (χ4n) is 3.09. The van der Waals surface area contributed by atoms with Crippen LogP contribution >= 0.6 is 11.8 Å². The Morgan fingerprint density at radius 2 is 2.30 bits per heavy atom. The summed E-state index contributed by atoms with van der Waals surface area (Å²) in [5.41, 5.74) is 8.66. The summed E-state index contributed by atoms with van der Waals surface area (Å²) in [7, 11) is 0. The third-order valence-electron chi connectivity index (χ3n) is 4.42. The normalized spacial score (nSPS) is 22.2. The van der Waals surface area contributed by atoms with Gasteiger partial charge in [0.1, 0.15) is 11.8 Å². The van der Waals surface area contributed by atoms with Gasteiger partial charge in [0.15, 0.2) is 5.82 Å². The number of fused-ring (bicyclic) bond motifs is 1. The molecule has 23 heavy (non-hydrogen) atoms. The Morgan fingerprint density at radius 1 is 1.43 bits per heavy atom. The molecule has 7 heteroatoms. The van der Waals surface area contributed by atoms with E-state index in [4.69, 9.17) is 5.73 Å². The van der Waals surface area contributed by atoms with E-state index in [9.17, 15) is 5.11 Å². The predicted molar refractivity (Wildman–Crippen MR) is 95.3 cm³/mol. The summed E-state index contributed by atoms with van der Waals surface area (Å²) < 4.78 is 0. The summed E-state index contributed by atoms with van der Waals surface area (Å²) in [6.45, 7) is 4.66. The van der Waals surface area contributed by atoms with Crippen LogP contribution in [-0.4, -0.2) is 55.7 Å². The molecule has 0 aliphatic carbocycles. The number of β-amino-alcohol motifs (C(OH)–C–C–N with tert-alkyl or cyclic N) is 1. The summed E-state index contributed by atoms with van der Waals surface area (Å²) in [6, 6.07) is 0. The Labute approximate surface area is 140 Å². The van der Waals surface area contributed by atoms with Crippen LogP contribution in [0.25, 0.3) is 11.0 Å². The topological polar surface area (TPSA) is 91.1 Å². The van der Waals surface area contributed by atoms with Crippen LogP contribution in [0.4, 0.5) is 5.82 Å². The molecule has 0 amide bonds. The maximum atomic E-state index is 10.3. The van der Waals surface area contributed by atoms with Crippen molar-refractivity contribution in [3.05, 3.63) is 18.1 Å². The molecule has 0 bridgehead atoms. The lowest BCUT2D eigenvalue weighted by Crippen LogP contribution is -2.21. The van der Waals surface area contributed by atoms with Gasteiger partial charge in [-0.15, -0.1) is 0 Å². The van der Waals surface area contributed by atoms with Gasteiger partial charge in [-0.1, -0.05) is 13.3 Å². The van der Waals surface area contributed by atoms with Crippen LogP contribution in [0, 0.1) is 5.92 Å². The maximum absolute atomic E-state index is 10.3. The number of nitrogen functional groups attached to an aromatic ring is 1. The zero-order valence-electron chi connectivity index (χ0n) is 13.5. The van der Waals surface area contributed by atoms with Crippen molar-refractivity contribution < 1.29 is 5.11 Å². The summed E-state index contributed by atoms with van der Waals surface area (Å²) in [5, 5.41) is 10.3. The van der Waals surface area contributed by atoms with Gasteiger partial charge in [0.05, 0.1) is 11.6 Å². The van der Waals surface area contributed by atoms with Crippen molar-refractivity contribution in [1.82, 2.24) is 19.9 Å². The highest BCUT2D eigenvalue weighted by Crippen LogP contribution is 2.26. The van der Waals surface area contributed by atoms with Crippen LogP contribution < -0.4 is 5.73 Å². The second-order valence-corrected chi connectivity index (χ2v) is 7.40. The largest absolute Gasteiger partial charge is 0.391 e. The third-order valence-corrected chi connectivity index (χ3v) is 5.66. The summed E-state index contributed by atoms with van der Waals surface area (Å²) in [5.74, 6) is 3.08. The van der Waals surface area contributed by atoms with Crippen LogP contribution in [0.3, 0.4) is 0 Å². The van der Waals surface area contributed by atoms with E-state index in [1.165, 1.54) is 24.9 Å². The first kappa shape index (κ1) is 16.5. The molecule has 1 saturated heterocycles. The van der Waals surface area contributed by atoms with Crippen LogP contribution in [-0.2, 0) is 6.54 Å². The van der Waals surface area contributed by atoms with Crippen molar-refractivity contribution in [3.63, 3.8) is 0 Å². The molecule has 0 unspecified atom stereocenters. The number of likely N-dealkylation sites (tertiary alicyclic amines) is 1. The molecule has 4 N–H and O–H groups in total. The van der Waals surface area contributed by atoms with Gasteiger partial charge in [0.25, 0.3) is 0 Å². The Balaban J connectivity index is 1.59. The Hall–Kier alpha value is -1.31. The number of hydrogen-bond donors (Lipinski definition) is 3. The van der Waals surface area contributed by atoms with Crippen molar-refractivity contribution in [2.24, 2.45) is 5.92 Å². The monoisotopic (exact) mass is 335 g/mol. The average molecular weight is 335 g/mol. The first-order valence-corrected chi connectivity index (χ1v) is 9.39. The van der Waals surface area contributed by atoms with Gasteiger partial charge < -0.3 is 15.8 Å². The van der Waals surface area contributed by atoms with Gasteiger partial charge in [0, 0.05) is 37.3 Å². The van der Waals surface area contributed by atoms with Gasteiger partial charge in [-0.25, -0.2) is 9.97 Å². The van der Waals surface area contributed by atoms with Crippen LogP contribution in [0.15, 0.2) is 12.5 Å². The molecule has 2 aromatic heterocycles. The molecule has 1 fully saturated rings. The standard InChI is InChI=1S/C16H25N5OS/c1-2-3-4-23-9-12-7-21(8-13(12)22)6-11-5-18-15-14(11)19-10-20-16(15)17/h5,10,12-13,18,22H,2-4,6-9H2,1H3,(H2,17,19,20)/t12-,13+/m1/s1. The number of unbranched alkanes of at least 4 members (excludes halogenated alkanes) is 1. The molecule has 0 saturated carbocycles. The molecule has 2 aromatic rings. The Bertz CT molecular complexity index is 646. The molecule has 2 atom stereocenters. The van der Waals surface area contributed by atoms with E-state index < -0.39 is 0 Å². The Morgan fingerprint density at radius 3 is 3.13 bits per heavy atom. The highest BCUT2D eigenvalue weighted by Gasteiger charge is 2.31. The second kappa shape index (κ2) is 7.51. The minimum atomic E-state index is -0.228. The fraction of sp³-hybridized carbons (Fsp3) is 0.625. The number of rotatable bonds is 7. The summed E-state index contributed by atoms with van der Waals surface area (Å²) in [4.78, 5) is 13.8. The van der Waals surface area contributed by atoms with E-state index in [2.05, 4.69) is 26.8 Å². The van der Waals surface area contributed by atoms with E-state index in [-0.39, 0.29) is 6.10 Å². The molecule has 6 nitrogen and oxygen atoms in total. The molecular formula is C16H25N5OS. The third kappa shape index (κ3) is 3.79. The molecule has 0 spiro atoms. The minimum absolute atomic E-state index is 0.228. The number of thioether (sulfide) groups is 1. The maximum Gasteiger partial charge on any atom is 0.151 e. The summed E-state index contributed by atoms with van der Waals surface area (Å²) in [6.07, 6.45) is 5.71. The minimum Gasteiger partial charge on any atom is -0.391 e. The highest BCUT2D eigenvalue weighted by atomic mass is 32.2. The average Bonchev–Trinajstić information content (AvgIpc) is 3.09. The number of aromatic amines is 1. The molecule has 126 valence electrons. The van der Waals surface area contributed by atoms with Crippen molar-refractivity contribution >= 4 is 28.6 Å². The van der Waals surface area contributed by atoms with Gasteiger partial charge in [-0.2, -0.15) is 11.8 Å². The SMILES string of the molecule is CCCCSC[C@H]1CN(Cc2c[nH]c3c(N)ncnc23)C[C@@H]1O. The molecular weight excluding hydrogens is 310 g/mol. The first-order valence-electron chi connectivity index (χ1n) is 8.23. The van der Waals surface area contributed by atoms with E-state index in [0.29, 0.717) is 11.7 Å². The van der Waals surface area contributed by atoms with Crippen molar-refractivity contribution in [2.75, 3.05) is 30.3 Å². The molecule has 1 aliphatic rings. The van der Waals surface area contributed by atoms with E-state index in [0.717, 1.165) is 42.0 Å². The van der Waals surface area contributed by atoms with Crippen LogP contribution in [0.2, 0.25) is 0 Å². The number of hydrogen-bond acceptors (Lipinski definition) is 6. The number of aromatic nitrogens is 3. The number of nitrogens with zero attached hydrogens (tertiary/aromatic N) is 3. The van der Waals surface area contributed by atoms with Crippen LogP contribution in [0.1, 0.15) is 25.3 Å². The first-order chi connectivity index (χ1) is 11.2. The zero-order chi connectivity index (χ0) is 16.2. The zero-order valence-corrected chi connectivity index (χ0v) is 14.4. The number of anilines is 1. The number of aliphatic hydroxyl groups is 1. The highest BCUT2D eigenvalue weighted by molar-refractivity contribution is 7.99. The number of nitrogens with two attached hydrogens (primary N) is 1. The number of H-pyrrole nitrogens is 1. The van der Waals surface area contributed by atoms with E-state index >= 15 is 0 Å². The molecule has 0 aromatic carbocycles. The molecule has 1 aliphatic heterocycles. The van der Waals surface area contributed by atoms with Gasteiger partial charge in [-0.3, -0.25) is 4.90 Å². The lowest BCUT2D eigenvalue weighted by atomic mass is 10.1. The van der Waals surface area contributed by atoms with E-state index in [1.54, 1.807) is 0 Å². The van der Waals surface area contributed by atoms with Crippen molar-refractivity contribution in [1.29, 1.82) is 0 Å². The molecule has 3 rings (SSSR count). The predicted octanol–water partition coefficient (Wildman–Crippen LogP) is 1.87. The van der Waals surface area contributed by atoms with Gasteiger partial charge >= 0.3 is 0 Å². The molecule has 3 heterocycles. The summed E-state index contributed by atoms with van der Waals surface area (Å²) >= 11 is 1.96. The van der Waals surface area contributed by atoms with E-state index in [1.807, 2.05) is 18.0 Å². The van der Waals surface area contributed by atoms with Gasteiger partial charge in [0.2, 0.25) is 0 Å². The van der Waals surface area contributed by atoms with Crippen LogP contribution in [0.5, 0.6) is 0 Å². The second-order valence-electron chi connectivity index (χ2n) is 6.25. The fourth-order valence-corrected chi connectivity index (χ4v) is 4.38. The van der Waals surface area contributed by atoms with Crippen molar-refractivity contribution in [2.45, 2.75) is 32.4 Å². The molecule has 0 radical (unpaired) electrons.